The summed E-state index contributed by atoms with van der Waals surface area (Å²) in [5.41, 5.74) is 0.155. The summed E-state index contributed by atoms with van der Waals surface area (Å²) < 4.78 is 40.0. The molecule has 0 N–H and O–H groups in total. The molecule has 0 aliphatic carbocycles. The molecule has 0 aromatic carbocycles. The van der Waals surface area contributed by atoms with Crippen molar-refractivity contribution in [1.29, 1.82) is 0 Å². The van der Waals surface area contributed by atoms with E-state index in [2.05, 4.69) is 9.72 Å². The summed E-state index contributed by atoms with van der Waals surface area (Å²) in [6, 6.07) is 0. The van der Waals surface area contributed by atoms with Crippen molar-refractivity contribution in [1.82, 2.24) is 4.98 Å². The number of carbonyl (C=O) groups excluding carboxylic acids is 1. The van der Waals surface area contributed by atoms with E-state index in [1.807, 2.05) is 0 Å². The van der Waals surface area contributed by atoms with Gasteiger partial charge in [0.25, 0.3) is 0 Å². The van der Waals surface area contributed by atoms with Crippen molar-refractivity contribution in [3.05, 3.63) is 21.0 Å². The molecule has 0 radical (unpaired) electrons. The summed E-state index contributed by atoms with van der Waals surface area (Å²) in [5, 5.41) is 0. The van der Waals surface area contributed by atoms with Gasteiger partial charge in [0.1, 0.15) is 0 Å². The van der Waals surface area contributed by atoms with E-state index in [1.165, 1.54) is 6.92 Å². The van der Waals surface area contributed by atoms with Crippen LogP contribution in [0.2, 0.25) is 0 Å². The summed E-state index contributed by atoms with van der Waals surface area (Å²) in [5.74, 6) is -0.495. The number of alkyl halides is 3. The Hall–Kier alpha value is -0.860. The van der Waals surface area contributed by atoms with E-state index in [1.54, 1.807) is 22.6 Å². The molecule has 0 saturated carbocycles. The second-order valence-corrected chi connectivity index (χ2v) is 3.69. The highest BCUT2D eigenvalue weighted by Gasteiger charge is 2.33. The highest BCUT2D eigenvalue weighted by molar-refractivity contribution is 14.1. The number of hydrogen-bond donors (Lipinski definition) is 0. The third-order valence-corrected chi connectivity index (χ3v) is 2.79. The van der Waals surface area contributed by atoms with Crippen molar-refractivity contribution in [2.75, 3.05) is 0 Å². The number of aromatic nitrogens is 1. The van der Waals surface area contributed by atoms with Gasteiger partial charge in [0.05, 0.1) is 14.8 Å². The molecule has 7 heteroatoms. The lowest BCUT2D eigenvalue weighted by atomic mass is 10.2. The van der Waals surface area contributed by atoms with Gasteiger partial charge in [-0.05, 0) is 29.5 Å². The maximum atomic E-state index is 12.0. The fraction of sp³-hybridized carbons (Fsp3) is 0.250. The summed E-state index contributed by atoms with van der Waals surface area (Å²) in [6.45, 7) is 1.53. The monoisotopic (exact) mass is 331 g/mol. The van der Waals surface area contributed by atoms with E-state index < -0.39 is 12.1 Å². The van der Waals surface area contributed by atoms with Crippen LogP contribution in [0, 0.1) is 10.5 Å². The minimum atomic E-state index is -4.81. The van der Waals surface area contributed by atoms with Crippen molar-refractivity contribution in [2.24, 2.45) is 0 Å². The van der Waals surface area contributed by atoms with Crippen LogP contribution >= 0.6 is 22.6 Å². The van der Waals surface area contributed by atoms with E-state index in [4.69, 9.17) is 0 Å². The second kappa shape index (κ2) is 4.33. The molecule has 82 valence electrons. The topological polar surface area (TPSA) is 39.2 Å². The van der Waals surface area contributed by atoms with Crippen LogP contribution < -0.4 is 4.74 Å². The van der Waals surface area contributed by atoms with Crippen LogP contribution in [-0.2, 0) is 0 Å². The Morgan fingerprint density at radius 1 is 1.53 bits per heavy atom. The SMILES string of the molecule is Cc1ncc(C=O)c(OC(F)(F)F)c1I. The van der Waals surface area contributed by atoms with Crippen LogP contribution in [0.15, 0.2) is 6.20 Å². The Kier molecular flexibility index (Phi) is 3.53. The summed E-state index contributed by atoms with van der Waals surface area (Å²) in [7, 11) is 0. The largest absolute Gasteiger partial charge is 0.573 e. The predicted octanol–water partition coefficient (Wildman–Crippen LogP) is 2.71. The van der Waals surface area contributed by atoms with Gasteiger partial charge in [0.15, 0.2) is 12.0 Å². The number of halogens is 4. The summed E-state index contributed by atoms with van der Waals surface area (Å²) in [4.78, 5) is 14.2. The zero-order valence-corrected chi connectivity index (χ0v) is 9.59. The number of pyridine rings is 1. The minimum Gasteiger partial charge on any atom is -0.404 e. The molecule has 1 heterocycles. The van der Waals surface area contributed by atoms with Crippen LogP contribution in [0.3, 0.4) is 0 Å². The van der Waals surface area contributed by atoms with Gasteiger partial charge in [-0.15, -0.1) is 13.2 Å². The van der Waals surface area contributed by atoms with E-state index in [0.29, 0.717) is 5.69 Å². The van der Waals surface area contributed by atoms with Crippen molar-refractivity contribution in [2.45, 2.75) is 13.3 Å². The third kappa shape index (κ3) is 3.05. The number of aryl methyl sites for hydroxylation is 1. The summed E-state index contributed by atoms with van der Waals surface area (Å²) >= 11 is 1.65. The molecule has 0 atom stereocenters. The Morgan fingerprint density at radius 3 is 2.60 bits per heavy atom. The van der Waals surface area contributed by atoms with E-state index in [-0.39, 0.29) is 15.4 Å². The fourth-order valence-corrected chi connectivity index (χ4v) is 1.44. The highest BCUT2D eigenvalue weighted by Crippen LogP contribution is 2.31. The Morgan fingerprint density at radius 2 is 2.13 bits per heavy atom. The van der Waals surface area contributed by atoms with Crippen molar-refractivity contribution < 1.29 is 22.7 Å². The lowest BCUT2D eigenvalue weighted by molar-refractivity contribution is -0.275. The lowest BCUT2D eigenvalue weighted by Crippen LogP contribution is -2.19. The maximum Gasteiger partial charge on any atom is 0.573 e. The zero-order valence-electron chi connectivity index (χ0n) is 7.43. The molecule has 0 unspecified atom stereocenters. The van der Waals surface area contributed by atoms with Crippen molar-refractivity contribution >= 4 is 28.9 Å². The molecule has 3 nitrogen and oxygen atoms in total. The molecular weight excluding hydrogens is 326 g/mol. The first-order valence-corrected chi connectivity index (χ1v) is 4.79. The van der Waals surface area contributed by atoms with Gasteiger partial charge >= 0.3 is 6.36 Å². The van der Waals surface area contributed by atoms with Crippen LogP contribution in [0.5, 0.6) is 5.75 Å². The zero-order chi connectivity index (χ0) is 11.6. The maximum absolute atomic E-state index is 12.0. The molecular formula is C8H5F3INO2. The molecule has 1 rings (SSSR count). The van der Waals surface area contributed by atoms with Crippen molar-refractivity contribution in [3.8, 4) is 5.75 Å². The molecule has 15 heavy (non-hydrogen) atoms. The van der Waals surface area contributed by atoms with Crippen molar-refractivity contribution in [3.63, 3.8) is 0 Å². The quantitative estimate of drug-likeness (QED) is 0.618. The van der Waals surface area contributed by atoms with Gasteiger partial charge in [-0.25, -0.2) is 0 Å². The molecule has 0 spiro atoms. The third-order valence-electron chi connectivity index (χ3n) is 1.52. The van der Waals surface area contributed by atoms with E-state index >= 15 is 0 Å². The van der Waals surface area contributed by atoms with Crippen LogP contribution in [-0.4, -0.2) is 17.6 Å². The summed E-state index contributed by atoms with van der Waals surface area (Å²) in [6.07, 6.45) is -3.49. The molecule has 1 aromatic rings. The standard InChI is InChI=1S/C8H5F3INO2/c1-4-6(12)7(15-8(9,10)11)5(3-14)2-13-4/h2-3H,1H3. The van der Waals surface area contributed by atoms with E-state index in [9.17, 15) is 18.0 Å². The minimum absolute atomic E-state index is 0.175. The van der Waals surface area contributed by atoms with Gasteiger partial charge in [-0.1, -0.05) is 0 Å². The van der Waals surface area contributed by atoms with Crippen LogP contribution in [0.4, 0.5) is 13.2 Å². The lowest BCUT2D eigenvalue weighted by Gasteiger charge is -2.13. The molecule has 0 aliphatic rings. The van der Waals surface area contributed by atoms with Gasteiger partial charge in [-0.3, -0.25) is 9.78 Å². The Bertz CT molecular complexity index is 392. The number of carbonyl (C=O) groups is 1. The van der Waals surface area contributed by atoms with Crippen LogP contribution in [0.25, 0.3) is 0 Å². The number of rotatable bonds is 2. The van der Waals surface area contributed by atoms with E-state index in [0.717, 1.165) is 6.20 Å². The van der Waals surface area contributed by atoms with Gasteiger partial charge in [0.2, 0.25) is 0 Å². The highest BCUT2D eigenvalue weighted by atomic mass is 127. The Balaban J connectivity index is 3.24. The fourth-order valence-electron chi connectivity index (χ4n) is 0.876. The molecule has 0 fully saturated rings. The smallest absolute Gasteiger partial charge is 0.404 e. The second-order valence-electron chi connectivity index (χ2n) is 2.61. The molecule has 0 amide bonds. The molecule has 1 aromatic heterocycles. The molecule has 0 saturated heterocycles. The molecule has 0 bridgehead atoms. The molecule has 0 aliphatic heterocycles. The van der Waals surface area contributed by atoms with Gasteiger partial charge in [0, 0.05) is 6.20 Å². The first kappa shape index (κ1) is 12.2. The number of hydrogen-bond acceptors (Lipinski definition) is 3. The first-order chi connectivity index (χ1) is 6.85. The number of aldehydes is 1. The van der Waals surface area contributed by atoms with Gasteiger partial charge in [-0.2, -0.15) is 0 Å². The Labute approximate surface area is 96.8 Å². The predicted molar refractivity (Wildman–Crippen MR) is 53.8 cm³/mol. The average Bonchev–Trinajstić information content (AvgIpc) is 2.11. The number of nitrogens with zero attached hydrogens (tertiary/aromatic N) is 1. The average molecular weight is 331 g/mol. The number of ether oxygens (including phenoxy) is 1. The first-order valence-electron chi connectivity index (χ1n) is 3.71. The van der Waals surface area contributed by atoms with Gasteiger partial charge < -0.3 is 4.74 Å². The van der Waals surface area contributed by atoms with Crippen LogP contribution in [0.1, 0.15) is 16.1 Å². The normalized spacial score (nSPS) is 11.3.